The van der Waals surface area contributed by atoms with Crippen LogP contribution in [0.5, 0.6) is 0 Å². The molecule has 1 aliphatic rings. The zero-order valence-corrected chi connectivity index (χ0v) is 11.2. The molecule has 0 aromatic carbocycles. The second kappa shape index (κ2) is 5.97. The van der Waals surface area contributed by atoms with E-state index in [9.17, 15) is 9.59 Å². The number of hydrogen-bond donors (Lipinski definition) is 2. The number of nitrogens with one attached hydrogen (secondary N) is 2. The Morgan fingerprint density at radius 1 is 1.44 bits per heavy atom. The second-order valence-electron chi connectivity index (χ2n) is 4.25. The molecule has 1 saturated heterocycles. The predicted octanol–water partition coefficient (Wildman–Crippen LogP) is 0.218. The number of thiophene rings is 1. The van der Waals surface area contributed by atoms with Crippen molar-refractivity contribution >= 4 is 23.2 Å². The molecule has 0 radical (unpaired) electrons. The summed E-state index contributed by atoms with van der Waals surface area (Å²) in [5.74, 6) is -0.176. The Bertz CT molecular complexity index is 438. The van der Waals surface area contributed by atoms with Gasteiger partial charge in [0, 0.05) is 26.2 Å². The molecule has 98 valence electrons. The van der Waals surface area contributed by atoms with Crippen molar-refractivity contribution in [2.75, 3.05) is 32.7 Å². The molecule has 6 heteroatoms. The number of carbonyl (C=O) groups excluding carboxylic acids is 2. The number of carbonyl (C=O) groups is 2. The van der Waals surface area contributed by atoms with Gasteiger partial charge < -0.3 is 15.5 Å². The third-order valence-electron chi connectivity index (χ3n) is 2.94. The number of rotatable bonds is 3. The fraction of sp³-hybridized carbons (Fsp3) is 0.500. The summed E-state index contributed by atoms with van der Waals surface area (Å²) in [5.41, 5.74) is 0.951. The van der Waals surface area contributed by atoms with Gasteiger partial charge in [-0.1, -0.05) is 0 Å². The molecule has 5 nitrogen and oxygen atoms in total. The third kappa shape index (κ3) is 3.08. The summed E-state index contributed by atoms with van der Waals surface area (Å²) < 4.78 is 0. The van der Waals surface area contributed by atoms with Crippen molar-refractivity contribution in [1.82, 2.24) is 15.5 Å². The molecule has 1 fully saturated rings. The lowest BCUT2D eigenvalue weighted by molar-refractivity contribution is -0.130. The van der Waals surface area contributed by atoms with Gasteiger partial charge in [0.05, 0.1) is 11.4 Å². The highest BCUT2D eigenvalue weighted by Gasteiger charge is 2.17. The first-order valence-corrected chi connectivity index (χ1v) is 6.87. The second-order valence-corrected chi connectivity index (χ2v) is 5.16. The molecule has 1 aromatic rings. The van der Waals surface area contributed by atoms with Crippen LogP contribution in [-0.2, 0) is 4.79 Å². The van der Waals surface area contributed by atoms with Gasteiger partial charge in [-0.3, -0.25) is 9.59 Å². The van der Waals surface area contributed by atoms with E-state index in [0.717, 1.165) is 18.7 Å². The van der Waals surface area contributed by atoms with Crippen LogP contribution in [-0.4, -0.2) is 49.4 Å². The lowest BCUT2D eigenvalue weighted by Gasteiger charge is -2.27. The summed E-state index contributed by atoms with van der Waals surface area (Å²) >= 11 is 1.40. The molecule has 2 heterocycles. The van der Waals surface area contributed by atoms with Crippen molar-refractivity contribution in [3.63, 3.8) is 0 Å². The van der Waals surface area contributed by atoms with Crippen molar-refractivity contribution in [2.24, 2.45) is 0 Å². The van der Waals surface area contributed by atoms with Crippen LogP contribution in [0.3, 0.4) is 0 Å². The Hall–Kier alpha value is -1.40. The van der Waals surface area contributed by atoms with E-state index < -0.39 is 0 Å². The van der Waals surface area contributed by atoms with Gasteiger partial charge in [-0.25, -0.2) is 0 Å². The Morgan fingerprint density at radius 2 is 2.17 bits per heavy atom. The molecule has 1 aromatic heterocycles. The van der Waals surface area contributed by atoms with Gasteiger partial charge >= 0.3 is 0 Å². The maximum atomic E-state index is 11.8. The molecule has 0 aliphatic carbocycles. The van der Waals surface area contributed by atoms with Crippen LogP contribution >= 0.6 is 11.3 Å². The molecule has 2 rings (SSSR count). The first-order valence-electron chi connectivity index (χ1n) is 5.99. The van der Waals surface area contributed by atoms with Crippen LogP contribution in [0.15, 0.2) is 11.4 Å². The van der Waals surface area contributed by atoms with Crippen LogP contribution in [0.25, 0.3) is 0 Å². The van der Waals surface area contributed by atoms with Crippen molar-refractivity contribution < 1.29 is 9.59 Å². The summed E-state index contributed by atoms with van der Waals surface area (Å²) in [5, 5.41) is 7.74. The van der Waals surface area contributed by atoms with E-state index in [1.165, 1.54) is 11.3 Å². The molecule has 0 unspecified atom stereocenters. The zero-order valence-electron chi connectivity index (χ0n) is 10.4. The lowest BCUT2D eigenvalue weighted by Crippen LogP contribution is -2.49. The number of nitrogens with zero attached hydrogens (tertiary/aromatic N) is 1. The number of piperazine rings is 1. The molecule has 18 heavy (non-hydrogen) atoms. The number of amides is 2. The maximum absolute atomic E-state index is 11.8. The average Bonchev–Trinajstić information content (AvgIpc) is 2.83. The highest BCUT2D eigenvalue weighted by atomic mass is 32.1. The van der Waals surface area contributed by atoms with Gasteiger partial charge in [0.15, 0.2) is 0 Å². The van der Waals surface area contributed by atoms with Crippen LogP contribution in [0.4, 0.5) is 0 Å². The lowest BCUT2D eigenvalue weighted by atomic mass is 10.3. The molecular formula is C12H17N3O2S. The topological polar surface area (TPSA) is 61.4 Å². The highest BCUT2D eigenvalue weighted by molar-refractivity contribution is 7.12. The number of hydrogen-bond acceptors (Lipinski definition) is 4. The monoisotopic (exact) mass is 267 g/mol. The summed E-state index contributed by atoms with van der Waals surface area (Å²) in [6, 6.07) is 1.90. The quantitative estimate of drug-likeness (QED) is 0.823. The van der Waals surface area contributed by atoms with Crippen molar-refractivity contribution in [2.45, 2.75) is 6.92 Å². The highest BCUT2D eigenvalue weighted by Crippen LogP contribution is 2.14. The molecular weight excluding hydrogens is 250 g/mol. The van der Waals surface area contributed by atoms with Crippen LogP contribution < -0.4 is 10.6 Å². The summed E-state index contributed by atoms with van der Waals surface area (Å²) in [7, 11) is 0. The summed E-state index contributed by atoms with van der Waals surface area (Å²) in [6.07, 6.45) is 0. The molecule has 2 N–H and O–H groups in total. The molecule has 0 bridgehead atoms. The van der Waals surface area contributed by atoms with Gasteiger partial charge in [0.25, 0.3) is 5.91 Å². The third-order valence-corrected chi connectivity index (χ3v) is 3.95. The summed E-state index contributed by atoms with van der Waals surface area (Å²) in [4.78, 5) is 26.1. The fourth-order valence-corrected chi connectivity index (χ4v) is 2.71. The smallest absolute Gasteiger partial charge is 0.262 e. The minimum absolute atomic E-state index is 0.0148. The number of aryl methyl sites for hydroxylation is 1. The first-order chi connectivity index (χ1) is 8.68. The van der Waals surface area contributed by atoms with Gasteiger partial charge in [-0.05, 0) is 23.9 Å². The van der Waals surface area contributed by atoms with Crippen LogP contribution in [0, 0.1) is 6.92 Å². The molecule has 0 atom stereocenters. The molecule has 2 amide bonds. The van der Waals surface area contributed by atoms with E-state index in [2.05, 4.69) is 10.6 Å². The minimum atomic E-state index is -0.161. The van der Waals surface area contributed by atoms with Gasteiger partial charge in [0.1, 0.15) is 0 Å². The predicted molar refractivity (Wildman–Crippen MR) is 70.8 cm³/mol. The van der Waals surface area contributed by atoms with E-state index in [-0.39, 0.29) is 18.4 Å². The Kier molecular flexibility index (Phi) is 4.33. The van der Waals surface area contributed by atoms with E-state index in [1.807, 2.05) is 18.4 Å². The fourth-order valence-electron chi connectivity index (χ4n) is 1.87. The normalized spacial score (nSPS) is 15.5. The molecule has 0 saturated carbocycles. The van der Waals surface area contributed by atoms with Gasteiger partial charge in [0.2, 0.25) is 5.91 Å². The van der Waals surface area contributed by atoms with Crippen LogP contribution in [0.2, 0.25) is 0 Å². The van der Waals surface area contributed by atoms with Crippen molar-refractivity contribution in [1.29, 1.82) is 0 Å². The van der Waals surface area contributed by atoms with E-state index >= 15 is 0 Å². The van der Waals surface area contributed by atoms with E-state index in [1.54, 1.807) is 4.90 Å². The first kappa shape index (κ1) is 13.0. The molecule has 1 aliphatic heterocycles. The standard InChI is InChI=1S/C12H17N3O2S/c1-9-2-7-18-11(9)12(17)14-8-10(16)15-5-3-13-4-6-15/h2,7,13H,3-6,8H2,1H3,(H,14,17). The van der Waals surface area contributed by atoms with Gasteiger partial charge in [-0.15, -0.1) is 11.3 Å². The van der Waals surface area contributed by atoms with Gasteiger partial charge in [-0.2, -0.15) is 0 Å². The van der Waals surface area contributed by atoms with Crippen molar-refractivity contribution in [3.05, 3.63) is 21.9 Å². The van der Waals surface area contributed by atoms with Crippen molar-refractivity contribution in [3.8, 4) is 0 Å². The largest absolute Gasteiger partial charge is 0.342 e. The molecule has 0 spiro atoms. The Balaban J connectivity index is 1.82. The summed E-state index contributed by atoms with van der Waals surface area (Å²) in [6.45, 7) is 5.05. The maximum Gasteiger partial charge on any atom is 0.262 e. The minimum Gasteiger partial charge on any atom is -0.342 e. The van der Waals surface area contributed by atoms with Crippen LogP contribution in [0.1, 0.15) is 15.2 Å². The zero-order chi connectivity index (χ0) is 13.0. The Labute approximate surface area is 110 Å². The average molecular weight is 267 g/mol. The Morgan fingerprint density at radius 3 is 2.78 bits per heavy atom. The van der Waals surface area contributed by atoms with E-state index in [0.29, 0.717) is 18.0 Å². The SMILES string of the molecule is Cc1ccsc1C(=O)NCC(=O)N1CCNCC1. The van der Waals surface area contributed by atoms with E-state index in [4.69, 9.17) is 0 Å².